The van der Waals surface area contributed by atoms with Crippen LogP contribution in [0.15, 0.2) is 5.38 Å². The van der Waals surface area contributed by atoms with E-state index in [4.69, 9.17) is 0 Å². The van der Waals surface area contributed by atoms with Crippen molar-refractivity contribution in [3.63, 3.8) is 0 Å². The summed E-state index contributed by atoms with van der Waals surface area (Å²) in [5, 5.41) is 5.15. The number of methoxy groups -OCH3 is 1. The first-order chi connectivity index (χ1) is 13.5. The second-order valence-electron chi connectivity index (χ2n) is 6.84. The van der Waals surface area contributed by atoms with E-state index in [1.54, 1.807) is 5.38 Å². The lowest BCUT2D eigenvalue weighted by molar-refractivity contribution is -0.142. The molecule has 1 N–H and O–H groups in total. The first-order valence-electron chi connectivity index (χ1n) is 10.4. The second-order valence-corrected chi connectivity index (χ2v) is 8.15. The number of ether oxygens (including phenoxy) is 1. The molecule has 0 fully saturated rings. The predicted octanol–water partition coefficient (Wildman–Crippen LogP) is 5.30. The van der Waals surface area contributed by atoms with Gasteiger partial charge >= 0.3 is 5.97 Å². The Hall–Kier alpha value is -1.08. The monoisotopic (exact) mass is 430 g/mol. The number of aryl methyl sites for hydroxylation is 1. The highest BCUT2D eigenvalue weighted by Crippen LogP contribution is 2.18. The van der Waals surface area contributed by atoms with E-state index in [9.17, 15) is 9.59 Å². The summed E-state index contributed by atoms with van der Waals surface area (Å²) in [6.45, 7) is 8.92. The molecule has 0 spiro atoms. The van der Waals surface area contributed by atoms with Crippen molar-refractivity contribution in [2.45, 2.75) is 85.1 Å². The van der Waals surface area contributed by atoms with Crippen LogP contribution >= 0.6 is 24.0 Å². The van der Waals surface area contributed by atoms with E-state index in [0.29, 0.717) is 5.69 Å². The first-order valence-corrected chi connectivity index (χ1v) is 11.9. The number of nitrogens with one attached hydrogen (secondary N) is 1. The average molecular weight is 431 g/mol. The molecule has 1 aromatic heterocycles. The summed E-state index contributed by atoms with van der Waals surface area (Å²) in [7, 11) is 1.27. The van der Waals surface area contributed by atoms with Crippen LogP contribution < -0.4 is 5.32 Å². The smallest absolute Gasteiger partial charge is 0.329 e. The number of thiazole rings is 1. The van der Waals surface area contributed by atoms with Crippen LogP contribution in [0.3, 0.4) is 0 Å². The topological polar surface area (TPSA) is 68.3 Å². The fourth-order valence-electron chi connectivity index (χ4n) is 2.96. The molecule has 1 atom stereocenters. The Morgan fingerprint density at radius 3 is 2.11 bits per heavy atom. The third-order valence-electron chi connectivity index (χ3n) is 4.31. The number of carbonyl (C=O) groups excluding carboxylic acids is 2. The zero-order valence-corrected chi connectivity index (χ0v) is 19.8. The van der Waals surface area contributed by atoms with Crippen molar-refractivity contribution in [1.29, 1.82) is 0 Å². The van der Waals surface area contributed by atoms with Crippen LogP contribution in [0.25, 0.3) is 0 Å². The molecule has 5 nitrogen and oxygen atoms in total. The third kappa shape index (κ3) is 11.1. The Labute approximate surface area is 180 Å². The number of thiol groups is 1. The van der Waals surface area contributed by atoms with Gasteiger partial charge in [0.1, 0.15) is 11.7 Å². The molecule has 0 aromatic carbocycles. The molecule has 0 bridgehead atoms. The van der Waals surface area contributed by atoms with Crippen molar-refractivity contribution in [1.82, 2.24) is 10.3 Å². The van der Waals surface area contributed by atoms with Gasteiger partial charge < -0.3 is 10.1 Å². The number of amides is 1. The van der Waals surface area contributed by atoms with Gasteiger partial charge in [0.2, 0.25) is 0 Å². The molecule has 0 aliphatic heterocycles. The van der Waals surface area contributed by atoms with Gasteiger partial charge in [-0.2, -0.15) is 12.6 Å². The van der Waals surface area contributed by atoms with Gasteiger partial charge in [0.25, 0.3) is 5.91 Å². The minimum absolute atomic E-state index is 0.185. The lowest BCUT2D eigenvalue weighted by atomic mass is 9.94. The summed E-state index contributed by atoms with van der Waals surface area (Å²) in [6, 6.07) is -0.748. The van der Waals surface area contributed by atoms with E-state index >= 15 is 0 Å². The van der Waals surface area contributed by atoms with Gasteiger partial charge in [-0.15, -0.1) is 11.3 Å². The number of hydrogen-bond acceptors (Lipinski definition) is 6. The van der Waals surface area contributed by atoms with Crippen LogP contribution in [-0.2, 0) is 16.0 Å². The first kappa shape index (κ1) is 26.9. The minimum atomic E-state index is -0.748. The van der Waals surface area contributed by atoms with Crippen LogP contribution in [-0.4, -0.2) is 35.8 Å². The normalized spacial score (nSPS) is 11.5. The van der Waals surface area contributed by atoms with E-state index in [2.05, 4.69) is 55.4 Å². The largest absolute Gasteiger partial charge is 0.467 e. The molecule has 0 saturated heterocycles. The highest BCUT2D eigenvalue weighted by Gasteiger charge is 2.21. The maximum absolute atomic E-state index is 11.8. The highest BCUT2D eigenvalue weighted by molar-refractivity contribution is 7.80. The zero-order chi connectivity index (χ0) is 21.4. The number of esters is 1. The quantitative estimate of drug-likeness (QED) is 0.349. The summed E-state index contributed by atoms with van der Waals surface area (Å²) in [4.78, 5) is 27.4. The fraction of sp³-hybridized carbons (Fsp3) is 0.762. The minimum Gasteiger partial charge on any atom is -0.467 e. The van der Waals surface area contributed by atoms with Gasteiger partial charge in [0.05, 0.1) is 12.1 Å². The van der Waals surface area contributed by atoms with Crippen molar-refractivity contribution in [3.8, 4) is 0 Å². The Bertz CT molecular complexity index is 535. The van der Waals surface area contributed by atoms with Gasteiger partial charge in [-0.1, -0.05) is 66.2 Å². The van der Waals surface area contributed by atoms with Crippen LogP contribution in [0.2, 0.25) is 0 Å². The van der Waals surface area contributed by atoms with Gasteiger partial charge in [-0.05, 0) is 18.8 Å². The fourth-order valence-corrected chi connectivity index (χ4v) is 4.08. The van der Waals surface area contributed by atoms with Crippen LogP contribution in [0.4, 0.5) is 0 Å². The molecule has 1 heterocycles. The van der Waals surface area contributed by atoms with Gasteiger partial charge in [-0.25, -0.2) is 9.78 Å². The summed E-state index contributed by atoms with van der Waals surface area (Å²) in [5.41, 5.74) is 0.333. The molecule has 1 amide bonds. The van der Waals surface area contributed by atoms with Crippen molar-refractivity contribution in [2.24, 2.45) is 5.92 Å². The number of aromatic nitrogens is 1. The number of nitrogens with zero attached hydrogens (tertiary/aromatic N) is 1. The molecule has 1 aromatic rings. The highest BCUT2D eigenvalue weighted by atomic mass is 32.1. The molecule has 0 radical (unpaired) electrons. The Kier molecular flexibility index (Phi) is 16.2. The second kappa shape index (κ2) is 16.8. The van der Waals surface area contributed by atoms with E-state index in [0.717, 1.165) is 23.8 Å². The SMILES string of the molecule is CCCC(CCC)CCC.CCCc1nc(C(=O)NC(CS)C(=O)OC)cs1. The Morgan fingerprint density at radius 1 is 1.11 bits per heavy atom. The van der Waals surface area contributed by atoms with Crippen molar-refractivity contribution in [2.75, 3.05) is 12.9 Å². The molecular weight excluding hydrogens is 392 g/mol. The molecule has 1 unspecified atom stereocenters. The van der Waals surface area contributed by atoms with E-state index in [1.165, 1.54) is 57.0 Å². The van der Waals surface area contributed by atoms with Crippen molar-refractivity contribution < 1.29 is 14.3 Å². The number of carbonyl (C=O) groups is 2. The van der Waals surface area contributed by atoms with Crippen LogP contribution in [0.1, 0.15) is 88.1 Å². The van der Waals surface area contributed by atoms with E-state index < -0.39 is 12.0 Å². The zero-order valence-electron chi connectivity index (χ0n) is 18.1. The van der Waals surface area contributed by atoms with Gasteiger partial charge in [0, 0.05) is 11.1 Å². The molecule has 162 valence electrons. The average Bonchev–Trinajstić information content (AvgIpc) is 3.15. The summed E-state index contributed by atoms with van der Waals surface area (Å²) < 4.78 is 4.56. The number of hydrogen-bond donors (Lipinski definition) is 2. The van der Waals surface area contributed by atoms with Crippen molar-refractivity contribution >= 4 is 35.8 Å². The lowest BCUT2D eigenvalue weighted by Crippen LogP contribution is -2.43. The Morgan fingerprint density at radius 2 is 1.68 bits per heavy atom. The van der Waals surface area contributed by atoms with Gasteiger partial charge in [0.15, 0.2) is 0 Å². The lowest BCUT2D eigenvalue weighted by Gasteiger charge is -2.12. The predicted molar refractivity (Wildman–Crippen MR) is 121 cm³/mol. The summed E-state index contributed by atoms with van der Waals surface area (Å²) in [5.74, 6) is 0.324. The Balaban J connectivity index is 0.000000621. The molecule has 1 rings (SSSR count). The summed E-state index contributed by atoms with van der Waals surface area (Å²) >= 11 is 5.45. The van der Waals surface area contributed by atoms with Crippen LogP contribution in [0, 0.1) is 5.92 Å². The van der Waals surface area contributed by atoms with E-state index in [1.807, 2.05) is 0 Å². The maximum atomic E-state index is 11.8. The molecule has 0 saturated carbocycles. The van der Waals surface area contributed by atoms with Crippen LogP contribution in [0.5, 0.6) is 0 Å². The molecular formula is C21H38N2O3S2. The molecule has 7 heteroatoms. The van der Waals surface area contributed by atoms with Gasteiger partial charge in [-0.3, -0.25) is 4.79 Å². The van der Waals surface area contributed by atoms with E-state index in [-0.39, 0.29) is 11.7 Å². The standard InChI is InChI=1S/C11H16N2O3S2.C10H22/c1-3-4-9-12-8(6-18-9)10(14)13-7(5-17)11(15)16-2;1-4-7-10(8-5-2)9-6-3/h6-7,17H,3-5H2,1-2H3,(H,13,14);10H,4-9H2,1-3H3. The molecule has 0 aliphatic carbocycles. The maximum Gasteiger partial charge on any atom is 0.329 e. The van der Waals surface area contributed by atoms with Crippen molar-refractivity contribution in [3.05, 3.63) is 16.1 Å². The number of rotatable bonds is 12. The molecule has 28 heavy (non-hydrogen) atoms. The summed E-state index contributed by atoms with van der Waals surface area (Å²) in [6.07, 6.45) is 10.3. The molecule has 0 aliphatic rings. The third-order valence-corrected chi connectivity index (χ3v) is 5.59.